The fourth-order valence-corrected chi connectivity index (χ4v) is 5.17. The predicted molar refractivity (Wildman–Crippen MR) is 122 cm³/mol. The summed E-state index contributed by atoms with van der Waals surface area (Å²) in [5.74, 6) is 1.25. The normalized spacial score (nSPS) is 22.2. The van der Waals surface area contributed by atoms with Crippen molar-refractivity contribution in [2.24, 2.45) is 11.3 Å². The number of aromatic amines is 1. The van der Waals surface area contributed by atoms with E-state index in [1.165, 1.54) is 17.3 Å². The van der Waals surface area contributed by atoms with Crippen LogP contribution in [0.3, 0.4) is 0 Å². The number of carbonyl (C=O) groups is 1. The van der Waals surface area contributed by atoms with Crippen molar-refractivity contribution in [3.8, 4) is 0 Å². The van der Waals surface area contributed by atoms with Crippen LogP contribution in [0.2, 0.25) is 0 Å². The van der Waals surface area contributed by atoms with Gasteiger partial charge in [-0.15, -0.1) is 0 Å². The zero-order valence-corrected chi connectivity index (χ0v) is 19.0. The summed E-state index contributed by atoms with van der Waals surface area (Å²) in [6.07, 6.45) is 2.61. The lowest BCUT2D eigenvalue weighted by Gasteiger charge is -2.40. The van der Waals surface area contributed by atoms with Crippen LogP contribution >= 0.6 is 11.8 Å². The van der Waals surface area contributed by atoms with Crippen molar-refractivity contribution < 1.29 is 4.79 Å². The number of anilines is 1. The van der Waals surface area contributed by atoms with Crippen molar-refractivity contribution in [3.63, 3.8) is 0 Å². The van der Waals surface area contributed by atoms with Crippen molar-refractivity contribution in [2.45, 2.75) is 58.0 Å². The number of Topliss-reactive ketones (excluding diaryl/α,β-unsaturated/α-hetero) is 1. The molecule has 1 aromatic heterocycles. The molecule has 1 aliphatic heterocycles. The fourth-order valence-electron chi connectivity index (χ4n) is 4.57. The van der Waals surface area contributed by atoms with Crippen LogP contribution in [0.5, 0.6) is 0 Å². The Balaban J connectivity index is 1.92. The van der Waals surface area contributed by atoms with Gasteiger partial charge >= 0.3 is 0 Å². The van der Waals surface area contributed by atoms with Crippen molar-refractivity contribution in [3.05, 3.63) is 63.1 Å². The van der Waals surface area contributed by atoms with E-state index in [1.54, 1.807) is 0 Å². The fraction of sp³-hybridized carbons (Fsp3) is 0.458. The molecule has 2 N–H and O–H groups in total. The number of aromatic nitrogens is 2. The van der Waals surface area contributed by atoms with Crippen LogP contribution < -0.4 is 10.9 Å². The SMILES string of the molecule is CCSc1nc2c(c(=O)[nH]1)[C@H](c1ccc(C(C)C)cc1)[C@H]1C(=O)CC(C)(C)C=C1N2. The summed E-state index contributed by atoms with van der Waals surface area (Å²) in [6, 6.07) is 8.33. The van der Waals surface area contributed by atoms with E-state index < -0.39 is 0 Å². The number of hydrogen-bond acceptors (Lipinski definition) is 5. The second-order valence-corrected chi connectivity index (χ2v) is 10.5. The summed E-state index contributed by atoms with van der Waals surface area (Å²) in [7, 11) is 0. The first kappa shape index (κ1) is 20.9. The van der Waals surface area contributed by atoms with Gasteiger partial charge < -0.3 is 10.3 Å². The van der Waals surface area contributed by atoms with Gasteiger partial charge in [0.2, 0.25) is 0 Å². The maximum atomic E-state index is 13.3. The van der Waals surface area contributed by atoms with E-state index in [1.807, 2.05) is 6.92 Å². The van der Waals surface area contributed by atoms with Crippen molar-refractivity contribution >= 4 is 23.4 Å². The molecule has 2 atom stereocenters. The zero-order chi connectivity index (χ0) is 21.6. The Bertz CT molecular complexity index is 1070. The number of fused-ring (bicyclic) bond motifs is 2. The Kier molecular flexibility index (Phi) is 5.39. The lowest BCUT2D eigenvalue weighted by Crippen LogP contribution is -2.41. The number of nitrogens with zero attached hydrogens (tertiary/aromatic N) is 1. The highest BCUT2D eigenvalue weighted by Crippen LogP contribution is 2.48. The van der Waals surface area contributed by atoms with Crippen molar-refractivity contribution in [2.75, 3.05) is 11.1 Å². The molecule has 2 aromatic rings. The highest BCUT2D eigenvalue weighted by atomic mass is 32.2. The smallest absolute Gasteiger partial charge is 0.257 e. The topological polar surface area (TPSA) is 74.8 Å². The first-order chi connectivity index (χ1) is 14.2. The van der Waals surface area contributed by atoms with Crippen LogP contribution in [0, 0.1) is 11.3 Å². The van der Waals surface area contributed by atoms with Gasteiger partial charge in [0, 0.05) is 18.0 Å². The van der Waals surface area contributed by atoms with Crippen LogP contribution in [0.1, 0.15) is 69.6 Å². The van der Waals surface area contributed by atoms with Crippen LogP contribution in [0.25, 0.3) is 0 Å². The minimum atomic E-state index is -0.386. The average molecular weight is 424 g/mol. The van der Waals surface area contributed by atoms with Gasteiger partial charge in [0.05, 0.1) is 11.5 Å². The molecule has 5 nitrogen and oxygen atoms in total. The van der Waals surface area contributed by atoms with Gasteiger partial charge in [0.15, 0.2) is 5.16 Å². The molecule has 0 amide bonds. The van der Waals surface area contributed by atoms with Crippen LogP contribution in [-0.2, 0) is 4.79 Å². The lowest BCUT2D eigenvalue weighted by atomic mass is 9.67. The van der Waals surface area contributed by atoms with Crippen molar-refractivity contribution in [1.82, 2.24) is 9.97 Å². The van der Waals surface area contributed by atoms with Gasteiger partial charge in [-0.2, -0.15) is 0 Å². The molecule has 0 saturated heterocycles. The molecule has 0 radical (unpaired) electrons. The number of hydrogen-bond donors (Lipinski definition) is 2. The average Bonchev–Trinajstić information content (AvgIpc) is 2.65. The van der Waals surface area contributed by atoms with Crippen LogP contribution in [-0.4, -0.2) is 21.5 Å². The predicted octanol–water partition coefficient (Wildman–Crippen LogP) is 5.06. The number of H-pyrrole nitrogens is 1. The quantitative estimate of drug-likeness (QED) is 0.531. The Morgan fingerprint density at radius 1 is 1.17 bits per heavy atom. The number of nitrogens with one attached hydrogen (secondary N) is 2. The molecule has 30 heavy (non-hydrogen) atoms. The van der Waals surface area contributed by atoms with Crippen LogP contribution in [0.15, 0.2) is 46.0 Å². The molecule has 0 saturated carbocycles. The third-order valence-corrected chi connectivity index (χ3v) is 6.70. The van der Waals surface area contributed by atoms with Gasteiger partial charge in [-0.1, -0.05) is 76.7 Å². The minimum absolute atomic E-state index is 0.167. The molecular weight excluding hydrogens is 394 g/mol. The third kappa shape index (κ3) is 3.73. The van der Waals surface area contributed by atoms with Crippen molar-refractivity contribution in [1.29, 1.82) is 0 Å². The number of allylic oxidation sites excluding steroid dienone is 2. The summed E-state index contributed by atoms with van der Waals surface area (Å²) in [5, 5.41) is 3.95. The molecule has 0 unspecified atom stereocenters. The van der Waals surface area contributed by atoms with E-state index in [0.717, 1.165) is 17.0 Å². The van der Waals surface area contributed by atoms with Gasteiger partial charge in [-0.3, -0.25) is 9.59 Å². The largest absolute Gasteiger partial charge is 0.343 e. The molecule has 0 spiro atoms. The van der Waals surface area contributed by atoms with Gasteiger partial charge in [-0.25, -0.2) is 4.98 Å². The van der Waals surface area contributed by atoms with E-state index in [0.29, 0.717) is 28.9 Å². The minimum Gasteiger partial charge on any atom is -0.343 e. The summed E-state index contributed by atoms with van der Waals surface area (Å²) < 4.78 is 0. The highest BCUT2D eigenvalue weighted by molar-refractivity contribution is 7.99. The van der Waals surface area contributed by atoms with E-state index in [2.05, 4.69) is 68.3 Å². The number of thioether (sulfide) groups is 1. The van der Waals surface area contributed by atoms with Gasteiger partial charge in [0.25, 0.3) is 5.56 Å². The third-order valence-electron chi connectivity index (χ3n) is 5.94. The Morgan fingerprint density at radius 3 is 2.50 bits per heavy atom. The second kappa shape index (κ2) is 7.73. The molecule has 2 aliphatic rings. The maximum Gasteiger partial charge on any atom is 0.257 e. The number of ketones is 1. The zero-order valence-electron chi connectivity index (χ0n) is 18.2. The molecule has 158 valence electrons. The molecule has 1 aliphatic carbocycles. The van der Waals surface area contributed by atoms with E-state index >= 15 is 0 Å². The Labute approximate surface area is 181 Å². The number of rotatable bonds is 4. The first-order valence-electron chi connectivity index (χ1n) is 10.6. The summed E-state index contributed by atoms with van der Waals surface area (Å²) in [4.78, 5) is 34.0. The monoisotopic (exact) mass is 423 g/mol. The van der Waals surface area contributed by atoms with Crippen LogP contribution in [0.4, 0.5) is 5.82 Å². The Morgan fingerprint density at radius 2 is 1.87 bits per heavy atom. The highest BCUT2D eigenvalue weighted by Gasteiger charge is 2.45. The molecule has 0 fully saturated rings. The molecular formula is C24H29N3O2S. The molecule has 0 bridgehead atoms. The molecule has 6 heteroatoms. The number of benzene rings is 1. The molecule has 1 aromatic carbocycles. The second-order valence-electron chi connectivity index (χ2n) is 9.20. The molecule has 2 heterocycles. The van der Waals surface area contributed by atoms with Gasteiger partial charge in [-0.05, 0) is 28.2 Å². The summed E-state index contributed by atoms with van der Waals surface area (Å²) >= 11 is 1.50. The number of carbonyl (C=O) groups excluding carboxylic acids is 1. The summed E-state index contributed by atoms with van der Waals surface area (Å²) in [6.45, 7) is 10.5. The maximum absolute atomic E-state index is 13.3. The van der Waals surface area contributed by atoms with E-state index in [-0.39, 0.29) is 28.6 Å². The first-order valence-corrected chi connectivity index (χ1v) is 11.6. The standard InChI is InChI=1S/C24H29N3O2S/c1-6-30-23-26-21-20(22(29)27-23)18(15-9-7-14(8-10-15)13(2)3)19-16(25-21)11-24(4,5)12-17(19)28/h7-11,13,18-19H,6,12H2,1-5H3,(H2,25,26,27,29)/t18-,19-/m1/s1. The van der Waals surface area contributed by atoms with E-state index in [9.17, 15) is 9.59 Å². The summed E-state index contributed by atoms with van der Waals surface area (Å²) in [5.41, 5.74) is 3.26. The van der Waals surface area contributed by atoms with Gasteiger partial charge in [0.1, 0.15) is 11.6 Å². The Hall–Kier alpha value is -2.34. The molecule has 4 rings (SSSR count). The lowest BCUT2D eigenvalue weighted by molar-refractivity contribution is -0.124. The van der Waals surface area contributed by atoms with E-state index in [4.69, 9.17) is 4.98 Å².